The minimum Gasteiger partial charge on any atom is -0.403 e. The van der Waals surface area contributed by atoms with E-state index in [9.17, 15) is 13.2 Å². The van der Waals surface area contributed by atoms with Crippen molar-refractivity contribution in [2.24, 2.45) is 5.84 Å². The number of nitrogens with zero attached hydrogens (tertiary/aromatic N) is 1. The molecule has 0 saturated carbocycles. The fourth-order valence-electron chi connectivity index (χ4n) is 1.48. The zero-order valence-electron chi connectivity index (χ0n) is 8.45. The van der Waals surface area contributed by atoms with Crippen LogP contribution in [-0.4, -0.2) is 11.3 Å². The molecular weight excluding hydrogens is 235 g/mol. The normalized spacial score (nSPS) is 11.5. The number of fused-ring (bicyclic) bond motifs is 1. The number of nitrogens with two attached hydrogens (primary N) is 1. The molecule has 0 amide bonds. The number of nitrogens with one attached hydrogen (secondary N) is 1. The Kier molecular flexibility index (Phi) is 2.76. The number of ether oxygens (including phenoxy) is 1. The average Bonchev–Trinajstić information content (AvgIpc) is 2.27. The summed E-state index contributed by atoms with van der Waals surface area (Å²) in [7, 11) is 0. The van der Waals surface area contributed by atoms with Gasteiger partial charge in [-0.25, -0.2) is 0 Å². The number of aromatic nitrogens is 1. The van der Waals surface area contributed by atoms with E-state index in [4.69, 9.17) is 5.84 Å². The molecule has 17 heavy (non-hydrogen) atoms. The van der Waals surface area contributed by atoms with Crippen LogP contribution in [0.2, 0.25) is 0 Å². The third-order valence-electron chi connectivity index (χ3n) is 2.12. The van der Waals surface area contributed by atoms with Gasteiger partial charge in [0.05, 0.1) is 5.69 Å². The lowest BCUT2D eigenvalue weighted by atomic mass is 10.2. The van der Waals surface area contributed by atoms with Gasteiger partial charge in [-0.2, -0.15) is 0 Å². The Balaban J connectivity index is 2.58. The number of nitrogen functional groups attached to an aromatic ring is 1. The van der Waals surface area contributed by atoms with Crippen LogP contribution >= 0.6 is 0 Å². The summed E-state index contributed by atoms with van der Waals surface area (Å²) in [6.07, 6.45) is -3.40. The summed E-state index contributed by atoms with van der Waals surface area (Å²) in [6.45, 7) is 0. The molecule has 0 unspecified atom stereocenters. The minimum atomic E-state index is -4.75. The van der Waals surface area contributed by atoms with Crippen LogP contribution in [0, 0.1) is 0 Å². The number of para-hydroxylation sites is 1. The van der Waals surface area contributed by atoms with E-state index in [2.05, 4.69) is 15.1 Å². The summed E-state index contributed by atoms with van der Waals surface area (Å²) in [4.78, 5) is 3.85. The zero-order valence-corrected chi connectivity index (χ0v) is 8.45. The maximum atomic E-state index is 12.2. The van der Waals surface area contributed by atoms with Crippen LogP contribution < -0.4 is 16.0 Å². The molecule has 2 rings (SSSR count). The second-order valence-corrected chi connectivity index (χ2v) is 3.20. The van der Waals surface area contributed by atoms with Crippen LogP contribution in [0.4, 0.5) is 18.9 Å². The number of hydrazine groups is 1. The van der Waals surface area contributed by atoms with Crippen molar-refractivity contribution in [3.8, 4) is 5.75 Å². The largest absolute Gasteiger partial charge is 0.573 e. The third-order valence-corrected chi connectivity index (χ3v) is 2.12. The SMILES string of the molecule is NNc1ccnc2c(OC(F)(F)F)cccc12. The number of rotatable bonds is 2. The van der Waals surface area contributed by atoms with Crippen LogP contribution in [0.1, 0.15) is 0 Å². The molecule has 0 aliphatic heterocycles. The zero-order chi connectivity index (χ0) is 12.5. The fourth-order valence-corrected chi connectivity index (χ4v) is 1.48. The van der Waals surface area contributed by atoms with Gasteiger partial charge in [0.1, 0.15) is 5.52 Å². The Morgan fingerprint density at radius 1 is 1.24 bits per heavy atom. The van der Waals surface area contributed by atoms with E-state index in [1.54, 1.807) is 12.1 Å². The predicted octanol–water partition coefficient (Wildman–Crippen LogP) is 2.42. The Labute approximate surface area is 94.2 Å². The van der Waals surface area contributed by atoms with Crippen molar-refractivity contribution < 1.29 is 17.9 Å². The van der Waals surface area contributed by atoms with Crippen LogP contribution in [-0.2, 0) is 0 Å². The van der Waals surface area contributed by atoms with Crippen molar-refractivity contribution in [2.45, 2.75) is 6.36 Å². The first-order valence-corrected chi connectivity index (χ1v) is 4.61. The van der Waals surface area contributed by atoms with Gasteiger partial charge in [0.25, 0.3) is 0 Å². The van der Waals surface area contributed by atoms with Gasteiger partial charge in [-0.05, 0) is 12.1 Å². The Hall–Kier alpha value is -2.02. The van der Waals surface area contributed by atoms with E-state index in [0.29, 0.717) is 11.1 Å². The standard InChI is InChI=1S/C10H8F3N3O/c11-10(12,13)17-8-3-1-2-6-7(16-14)4-5-15-9(6)8/h1-5H,14H2,(H,15,16). The van der Waals surface area contributed by atoms with Crippen molar-refractivity contribution >= 4 is 16.6 Å². The summed E-state index contributed by atoms with van der Waals surface area (Å²) in [5.41, 5.74) is 2.96. The number of hydrogen-bond acceptors (Lipinski definition) is 4. The molecule has 0 aliphatic rings. The van der Waals surface area contributed by atoms with Crippen molar-refractivity contribution in [1.82, 2.24) is 4.98 Å². The molecule has 90 valence electrons. The number of anilines is 1. The Bertz CT molecular complexity index is 542. The summed E-state index contributed by atoms with van der Waals surface area (Å²) in [5.74, 6) is 4.90. The van der Waals surface area contributed by atoms with Crippen molar-refractivity contribution in [1.29, 1.82) is 0 Å². The highest BCUT2D eigenvalue weighted by Gasteiger charge is 2.32. The summed E-state index contributed by atoms with van der Waals surface area (Å²) >= 11 is 0. The molecule has 0 bridgehead atoms. The number of alkyl halides is 3. The maximum Gasteiger partial charge on any atom is 0.573 e. The highest BCUT2D eigenvalue weighted by atomic mass is 19.4. The fraction of sp³-hybridized carbons (Fsp3) is 0.100. The van der Waals surface area contributed by atoms with Crippen LogP contribution in [0.15, 0.2) is 30.5 Å². The van der Waals surface area contributed by atoms with Gasteiger partial charge in [0, 0.05) is 11.6 Å². The molecule has 3 N–H and O–H groups in total. The minimum absolute atomic E-state index is 0.0975. The van der Waals surface area contributed by atoms with E-state index in [-0.39, 0.29) is 11.3 Å². The first kappa shape index (κ1) is 11.5. The molecule has 1 aromatic carbocycles. The average molecular weight is 243 g/mol. The van der Waals surface area contributed by atoms with Crippen molar-refractivity contribution in [3.05, 3.63) is 30.5 Å². The second kappa shape index (κ2) is 4.10. The highest BCUT2D eigenvalue weighted by Crippen LogP contribution is 2.31. The maximum absolute atomic E-state index is 12.2. The molecule has 1 heterocycles. The Morgan fingerprint density at radius 3 is 2.65 bits per heavy atom. The van der Waals surface area contributed by atoms with E-state index in [1.807, 2.05) is 0 Å². The summed E-state index contributed by atoms with van der Waals surface area (Å²) in [5, 5.41) is 0.455. The molecular formula is C10H8F3N3O. The molecule has 0 radical (unpaired) electrons. The molecule has 4 nitrogen and oxygen atoms in total. The van der Waals surface area contributed by atoms with Gasteiger partial charge in [-0.15, -0.1) is 13.2 Å². The van der Waals surface area contributed by atoms with Gasteiger partial charge in [-0.1, -0.05) is 12.1 Å². The molecule has 7 heteroatoms. The van der Waals surface area contributed by atoms with Crippen molar-refractivity contribution in [2.75, 3.05) is 5.43 Å². The topological polar surface area (TPSA) is 60.2 Å². The summed E-state index contributed by atoms with van der Waals surface area (Å²) < 4.78 is 40.4. The molecule has 0 fully saturated rings. The molecule has 0 spiro atoms. The molecule has 2 aromatic rings. The number of pyridine rings is 1. The first-order valence-electron chi connectivity index (χ1n) is 4.61. The van der Waals surface area contributed by atoms with Crippen molar-refractivity contribution in [3.63, 3.8) is 0 Å². The molecule has 0 saturated heterocycles. The van der Waals surface area contributed by atoms with Gasteiger partial charge in [0.2, 0.25) is 0 Å². The monoisotopic (exact) mass is 243 g/mol. The number of hydrogen-bond donors (Lipinski definition) is 2. The van der Waals surface area contributed by atoms with Crippen LogP contribution in [0.5, 0.6) is 5.75 Å². The smallest absolute Gasteiger partial charge is 0.403 e. The number of benzene rings is 1. The lowest BCUT2D eigenvalue weighted by Gasteiger charge is -2.12. The van der Waals surface area contributed by atoms with Gasteiger partial charge >= 0.3 is 6.36 Å². The molecule has 0 aliphatic carbocycles. The van der Waals surface area contributed by atoms with E-state index < -0.39 is 6.36 Å². The van der Waals surface area contributed by atoms with Gasteiger partial charge in [-0.3, -0.25) is 10.8 Å². The van der Waals surface area contributed by atoms with Crippen LogP contribution in [0.25, 0.3) is 10.9 Å². The van der Waals surface area contributed by atoms with Gasteiger partial charge < -0.3 is 10.2 Å². The molecule has 1 aromatic heterocycles. The lowest BCUT2D eigenvalue weighted by Crippen LogP contribution is -2.17. The molecule has 0 atom stereocenters. The lowest BCUT2D eigenvalue weighted by molar-refractivity contribution is -0.274. The number of halogens is 3. The first-order chi connectivity index (χ1) is 8.01. The van der Waals surface area contributed by atoms with Gasteiger partial charge in [0.15, 0.2) is 5.75 Å². The highest BCUT2D eigenvalue weighted by molar-refractivity contribution is 5.94. The Morgan fingerprint density at radius 2 is 2.00 bits per heavy atom. The predicted molar refractivity (Wildman–Crippen MR) is 56.2 cm³/mol. The third kappa shape index (κ3) is 2.39. The van der Waals surface area contributed by atoms with Crippen LogP contribution in [0.3, 0.4) is 0 Å². The summed E-state index contributed by atoms with van der Waals surface area (Å²) in [6, 6.07) is 5.79. The second-order valence-electron chi connectivity index (χ2n) is 3.20. The van der Waals surface area contributed by atoms with E-state index >= 15 is 0 Å². The van der Waals surface area contributed by atoms with E-state index in [1.165, 1.54) is 18.3 Å². The van der Waals surface area contributed by atoms with E-state index in [0.717, 1.165) is 0 Å². The quantitative estimate of drug-likeness (QED) is 0.628.